The van der Waals surface area contributed by atoms with Crippen molar-refractivity contribution in [3.05, 3.63) is 41.5 Å². The number of ether oxygens (including phenoxy) is 2. The highest BCUT2D eigenvalue weighted by Crippen LogP contribution is 2.38. The molecule has 7 heteroatoms. The van der Waals surface area contributed by atoms with Crippen LogP contribution in [0.5, 0.6) is 5.75 Å². The summed E-state index contributed by atoms with van der Waals surface area (Å²) in [6.07, 6.45) is 4.05. The SMILES string of the molecule is COc1ccc(C(=O)N2CCC(OCc3nc(C4CC4)no3)CC2)cc1. The van der Waals surface area contributed by atoms with Gasteiger partial charge in [0, 0.05) is 24.6 Å². The molecule has 1 aromatic heterocycles. The zero-order chi connectivity index (χ0) is 17.9. The Morgan fingerprint density at radius 2 is 1.92 bits per heavy atom. The minimum absolute atomic E-state index is 0.0529. The van der Waals surface area contributed by atoms with Crippen molar-refractivity contribution in [2.24, 2.45) is 0 Å². The van der Waals surface area contributed by atoms with Crippen molar-refractivity contribution in [2.75, 3.05) is 20.2 Å². The smallest absolute Gasteiger partial charge is 0.253 e. The number of hydrogen-bond donors (Lipinski definition) is 0. The highest BCUT2D eigenvalue weighted by atomic mass is 16.5. The average molecular weight is 357 g/mol. The molecule has 1 aromatic carbocycles. The van der Waals surface area contributed by atoms with E-state index in [4.69, 9.17) is 14.0 Å². The van der Waals surface area contributed by atoms with E-state index >= 15 is 0 Å². The molecule has 7 nitrogen and oxygen atoms in total. The molecule has 1 saturated carbocycles. The second-order valence-electron chi connectivity index (χ2n) is 6.85. The summed E-state index contributed by atoms with van der Waals surface area (Å²) in [7, 11) is 1.61. The van der Waals surface area contributed by atoms with Crippen LogP contribution in [0.2, 0.25) is 0 Å². The van der Waals surface area contributed by atoms with Gasteiger partial charge in [0.2, 0.25) is 0 Å². The minimum Gasteiger partial charge on any atom is -0.497 e. The summed E-state index contributed by atoms with van der Waals surface area (Å²) in [4.78, 5) is 18.8. The van der Waals surface area contributed by atoms with Gasteiger partial charge < -0.3 is 18.9 Å². The quantitative estimate of drug-likeness (QED) is 0.791. The molecule has 1 saturated heterocycles. The van der Waals surface area contributed by atoms with E-state index in [1.807, 2.05) is 17.0 Å². The summed E-state index contributed by atoms with van der Waals surface area (Å²) in [5.41, 5.74) is 0.684. The van der Waals surface area contributed by atoms with E-state index < -0.39 is 0 Å². The molecule has 0 atom stereocenters. The molecule has 1 aliphatic heterocycles. The molecule has 0 spiro atoms. The molecule has 2 heterocycles. The Labute approximate surface area is 152 Å². The van der Waals surface area contributed by atoms with Crippen LogP contribution in [0.4, 0.5) is 0 Å². The predicted molar refractivity (Wildman–Crippen MR) is 93.0 cm³/mol. The topological polar surface area (TPSA) is 77.7 Å². The van der Waals surface area contributed by atoms with Crippen LogP contribution in [0, 0.1) is 0 Å². The number of amides is 1. The van der Waals surface area contributed by atoms with Gasteiger partial charge in [-0.05, 0) is 49.9 Å². The summed E-state index contributed by atoms with van der Waals surface area (Å²) in [5, 5.41) is 4.00. The Balaban J connectivity index is 1.24. The molecule has 1 aliphatic carbocycles. The Bertz CT molecular complexity index is 746. The van der Waals surface area contributed by atoms with Gasteiger partial charge in [0.25, 0.3) is 11.8 Å². The molecular formula is C19H23N3O4. The first-order chi connectivity index (χ1) is 12.7. The van der Waals surface area contributed by atoms with Crippen molar-refractivity contribution in [1.82, 2.24) is 15.0 Å². The van der Waals surface area contributed by atoms with Crippen molar-refractivity contribution in [3.8, 4) is 5.75 Å². The lowest BCUT2D eigenvalue weighted by Gasteiger charge is -2.31. The van der Waals surface area contributed by atoms with Gasteiger partial charge in [-0.3, -0.25) is 4.79 Å². The Morgan fingerprint density at radius 3 is 2.58 bits per heavy atom. The predicted octanol–water partition coefficient (Wildman–Crippen LogP) is 2.78. The van der Waals surface area contributed by atoms with Crippen molar-refractivity contribution >= 4 is 5.91 Å². The van der Waals surface area contributed by atoms with Gasteiger partial charge in [-0.1, -0.05) is 5.16 Å². The molecule has 0 bridgehead atoms. The van der Waals surface area contributed by atoms with Gasteiger partial charge in [0.05, 0.1) is 13.2 Å². The van der Waals surface area contributed by atoms with Crippen molar-refractivity contribution in [3.63, 3.8) is 0 Å². The third kappa shape index (κ3) is 3.88. The van der Waals surface area contributed by atoms with E-state index in [0.29, 0.717) is 37.1 Å². The van der Waals surface area contributed by atoms with Gasteiger partial charge in [-0.15, -0.1) is 0 Å². The average Bonchev–Trinajstić information content (AvgIpc) is 3.44. The number of carbonyl (C=O) groups excluding carboxylic acids is 1. The van der Waals surface area contributed by atoms with Crippen LogP contribution in [-0.4, -0.2) is 47.3 Å². The summed E-state index contributed by atoms with van der Waals surface area (Å²) < 4.78 is 16.3. The maximum atomic E-state index is 12.6. The second-order valence-corrected chi connectivity index (χ2v) is 6.85. The fourth-order valence-electron chi connectivity index (χ4n) is 3.16. The van der Waals surface area contributed by atoms with E-state index in [9.17, 15) is 4.79 Å². The normalized spacial score (nSPS) is 18.1. The summed E-state index contributed by atoms with van der Waals surface area (Å²) in [5.74, 6) is 2.64. The first kappa shape index (κ1) is 17.0. The number of carbonyl (C=O) groups is 1. The molecule has 0 N–H and O–H groups in total. The van der Waals surface area contributed by atoms with Gasteiger partial charge in [0.15, 0.2) is 5.82 Å². The fourth-order valence-corrected chi connectivity index (χ4v) is 3.16. The van der Waals surface area contributed by atoms with Crippen molar-refractivity contribution < 1.29 is 18.8 Å². The van der Waals surface area contributed by atoms with Crippen LogP contribution < -0.4 is 4.74 Å². The summed E-state index contributed by atoms with van der Waals surface area (Å²) in [6.45, 7) is 1.72. The number of methoxy groups -OCH3 is 1. The minimum atomic E-state index is 0.0529. The maximum Gasteiger partial charge on any atom is 0.253 e. The lowest BCUT2D eigenvalue weighted by atomic mass is 10.1. The summed E-state index contributed by atoms with van der Waals surface area (Å²) >= 11 is 0. The number of hydrogen-bond acceptors (Lipinski definition) is 6. The van der Waals surface area contributed by atoms with Gasteiger partial charge in [-0.25, -0.2) is 0 Å². The van der Waals surface area contributed by atoms with Crippen molar-refractivity contribution in [2.45, 2.75) is 44.3 Å². The Hall–Kier alpha value is -2.41. The first-order valence-corrected chi connectivity index (χ1v) is 9.10. The fraction of sp³-hybridized carbons (Fsp3) is 0.526. The zero-order valence-corrected chi connectivity index (χ0v) is 14.9. The van der Waals surface area contributed by atoms with Gasteiger partial charge in [-0.2, -0.15) is 4.98 Å². The van der Waals surface area contributed by atoms with E-state index in [1.54, 1.807) is 19.2 Å². The maximum absolute atomic E-state index is 12.6. The highest BCUT2D eigenvalue weighted by Gasteiger charge is 2.29. The monoisotopic (exact) mass is 357 g/mol. The Kier molecular flexibility index (Phi) is 4.88. The molecule has 138 valence electrons. The lowest BCUT2D eigenvalue weighted by molar-refractivity contribution is -0.00978. The number of piperidine rings is 1. The lowest BCUT2D eigenvalue weighted by Crippen LogP contribution is -2.40. The van der Waals surface area contributed by atoms with Crippen LogP contribution in [0.3, 0.4) is 0 Å². The molecular weight excluding hydrogens is 334 g/mol. The van der Waals surface area contributed by atoms with Gasteiger partial charge in [0.1, 0.15) is 12.4 Å². The van der Waals surface area contributed by atoms with Crippen LogP contribution in [0.25, 0.3) is 0 Å². The highest BCUT2D eigenvalue weighted by molar-refractivity contribution is 5.94. The van der Waals surface area contributed by atoms with Crippen LogP contribution in [0.1, 0.15) is 53.7 Å². The molecule has 2 aliphatic rings. The molecule has 2 aromatic rings. The molecule has 2 fully saturated rings. The molecule has 4 rings (SSSR count). The number of nitrogens with zero attached hydrogens (tertiary/aromatic N) is 3. The summed E-state index contributed by atoms with van der Waals surface area (Å²) in [6, 6.07) is 7.22. The van der Waals surface area contributed by atoms with Gasteiger partial charge >= 0.3 is 0 Å². The number of benzene rings is 1. The van der Waals surface area contributed by atoms with Crippen molar-refractivity contribution in [1.29, 1.82) is 0 Å². The molecule has 0 unspecified atom stereocenters. The molecule has 1 amide bonds. The third-order valence-corrected chi connectivity index (χ3v) is 4.93. The number of aromatic nitrogens is 2. The van der Waals surface area contributed by atoms with Crippen LogP contribution >= 0.6 is 0 Å². The zero-order valence-electron chi connectivity index (χ0n) is 14.9. The van der Waals surface area contributed by atoms with E-state index in [0.717, 1.165) is 37.3 Å². The molecule has 26 heavy (non-hydrogen) atoms. The largest absolute Gasteiger partial charge is 0.497 e. The number of likely N-dealkylation sites (tertiary alicyclic amines) is 1. The second kappa shape index (κ2) is 7.45. The standard InChI is InChI=1S/C19H23N3O4/c1-24-15-6-4-14(5-7-15)19(23)22-10-8-16(9-11-22)25-12-17-20-18(21-26-17)13-2-3-13/h4-7,13,16H,2-3,8-12H2,1H3. The molecule has 0 radical (unpaired) electrons. The van der Waals surface area contributed by atoms with Crippen LogP contribution in [-0.2, 0) is 11.3 Å². The van der Waals surface area contributed by atoms with E-state index in [2.05, 4.69) is 10.1 Å². The number of rotatable bonds is 6. The first-order valence-electron chi connectivity index (χ1n) is 9.10. The van der Waals surface area contributed by atoms with E-state index in [1.165, 1.54) is 0 Å². The van der Waals surface area contributed by atoms with E-state index in [-0.39, 0.29) is 12.0 Å². The Morgan fingerprint density at radius 1 is 1.19 bits per heavy atom. The van der Waals surface area contributed by atoms with Crippen LogP contribution in [0.15, 0.2) is 28.8 Å². The third-order valence-electron chi connectivity index (χ3n) is 4.93.